The first-order valence-electron chi connectivity index (χ1n) is 11.0. The molecule has 192 valence electrons. The van der Waals surface area contributed by atoms with E-state index in [-0.39, 0.29) is 0 Å². The molecule has 0 saturated carbocycles. The summed E-state index contributed by atoms with van der Waals surface area (Å²) in [7, 11) is 13.0. The first-order valence-corrected chi connectivity index (χ1v) is 36.1. The molecule has 0 aliphatic heterocycles. The third kappa shape index (κ3) is 5.10. The van der Waals surface area contributed by atoms with E-state index in [0.717, 1.165) is 0 Å². The molecule has 2 aromatic heterocycles. The number of hydrogen-bond donors (Lipinski definition) is 0. The number of aryl methyl sites for hydroxylation is 2. The number of pyridine rings is 2. The molecule has 4 nitrogen and oxygen atoms in total. The van der Waals surface area contributed by atoms with E-state index in [4.69, 9.17) is 0 Å². The first-order chi connectivity index (χ1) is 17.2. The van der Waals surface area contributed by atoms with Crippen molar-refractivity contribution in [2.24, 2.45) is 14.1 Å². The SMILES string of the molecule is CN(C)c1cc2c3c4c1cccc4[n+](C)c1cc(N(C)C)c4cccc(c4c31)[n+]2C.I[I-]I.I[I-]I. The summed E-state index contributed by atoms with van der Waals surface area (Å²) in [5.41, 5.74) is 7.63. The topological polar surface area (TPSA) is 14.2 Å². The quantitative estimate of drug-likeness (QED) is 0.114. The monoisotopic (exact) mass is 1160 g/mol. The Labute approximate surface area is 271 Å². The van der Waals surface area contributed by atoms with Crippen molar-refractivity contribution in [3.63, 3.8) is 0 Å². The van der Waals surface area contributed by atoms with Gasteiger partial charge in [-0.25, -0.2) is 0 Å². The van der Waals surface area contributed by atoms with Gasteiger partial charge in [0.1, 0.15) is 14.1 Å². The van der Waals surface area contributed by atoms with E-state index in [2.05, 4.69) is 184 Å². The van der Waals surface area contributed by atoms with Crippen molar-refractivity contribution in [3.05, 3.63) is 48.5 Å². The molecule has 2 heterocycles. The number of halogens is 6. The summed E-state index contributed by atoms with van der Waals surface area (Å²) in [6.45, 7) is 0. The van der Waals surface area contributed by atoms with Crippen LogP contribution in [0.15, 0.2) is 48.5 Å². The predicted molar refractivity (Wildman–Crippen MR) is 183 cm³/mol. The van der Waals surface area contributed by atoms with Crippen molar-refractivity contribution >= 4 is 140 Å². The van der Waals surface area contributed by atoms with E-state index in [1.54, 1.807) is 0 Å². The van der Waals surface area contributed by atoms with Crippen molar-refractivity contribution in [3.8, 4) is 0 Å². The van der Waals surface area contributed by atoms with Crippen molar-refractivity contribution in [1.82, 2.24) is 0 Å². The Morgan fingerprint density at radius 3 is 1.19 bits per heavy atom. The summed E-state index contributed by atoms with van der Waals surface area (Å²) in [5.74, 6) is 0. The Bertz CT molecular complexity index is 1540. The summed E-state index contributed by atoms with van der Waals surface area (Å²) in [5, 5.41) is 8.08. The van der Waals surface area contributed by atoms with Crippen LogP contribution in [0.4, 0.5) is 11.4 Å². The fraction of sp³-hybridized carbons (Fsp3) is 0.231. The summed E-state index contributed by atoms with van der Waals surface area (Å²) < 4.78 is 4.75. The molecule has 0 bridgehead atoms. The molecular formula is C26H26I6N4. The van der Waals surface area contributed by atoms with Gasteiger partial charge in [-0.2, -0.15) is 9.13 Å². The third-order valence-corrected chi connectivity index (χ3v) is 6.86. The van der Waals surface area contributed by atoms with Crippen LogP contribution in [0.5, 0.6) is 0 Å². The number of rotatable bonds is 2. The van der Waals surface area contributed by atoms with E-state index >= 15 is 0 Å². The summed E-state index contributed by atoms with van der Waals surface area (Å²) >= 11 is 10.6. The second-order valence-electron chi connectivity index (χ2n) is 8.99. The maximum atomic E-state index is 2.39. The molecule has 0 amide bonds. The van der Waals surface area contributed by atoms with Crippen LogP contribution in [0, 0.1) is 0 Å². The molecule has 0 unspecified atom stereocenters. The zero-order valence-corrected chi connectivity index (χ0v) is 33.6. The van der Waals surface area contributed by atoms with E-state index in [1.165, 1.54) is 65.8 Å². The maximum absolute atomic E-state index is 2.39. The molecule has 36 heavy (non-hydrogen) atoms. The zero-order chi connectivity index (χ0) is 26.3. The number of benzene rings is 4. The fourth-order valence-electron chi connectivity index (χ4n) is 5.44. The van der Waals surface area contributed by atoms with Gasteiger partial charge in [-0.1, -0.05) is 24.3 Å². The van der Waals surface area contributed by atoms with Crippen LogP contribution in [0.2, 0.25) is 0 Å². The summed E-state index contributed by atoms with van der Waals surface area (Å²) in [6.07, 6.45) is 0. The van der Waals surface area contributed by atoms with E-state index in [9.17, 15) is 0 Å². The number of nitrogens with zero attached hydrogens (tertiary/aromatic N) is 4. The molecule has 10 heteroatoms. The Balaban J connectivity index is 0.000000464. The Morgan fingerprint density at radius 1 is 0.556 bits per heavy atom. The number of aromatic nitrogens is 2. The van der Waals surface area contributed by atoms with Gasteiger partial charge in [0.15, 0.2) is 0 Å². The predicted octanol–water partition coefficient (Wildman–Crippen LogP) is 1.66. The van der Waals surface area contributed by atoms with Gasteiger partial charge in [0.2, 0.25) is 22.1 Å². The molecule has 0 spiro atoms. The first kappa shape index (κ1) is 30.0. The summed E-state index contributed by atoms with van der Waals surface area (Å²) in [6, 6.07) is 18.1. The minimum absolute atomic E-state index is 0.530. The average Bonchev–Trinajstić information content (AvgIpc) is 2.85. The Hall–Kier alpha value is 0.980. The molecule has 4 aromatic carbocycles. The van der Waals surface area contributed by atoms with Crippen molar-refractivity contribution in [2.45, 2.75) is 0 Å². The van der Waals surface area contributed by atoms with Gasteiger partial charge < -0.3 is 9.80 Å². The molecular weight excluding hydrogens is 1130 g/mol. The molecule has 0 radical (unpaired) electrons. The van der Waals surface area contributed by atoms with Crippen molar-refractivity contribution < 1.29 is 35.6 Å². The van der Waals surface area contributed by atoms with Gasteiger partial charge in [-0.15, -0.1) is 0 Å². The fourth-order valence-corrected chi connectivity index (χ4v) is 5.44. The van der Waals surface area contributed by atoms with Gasteiger partial charge >= 0.3 is 101 Å². The molecule has 6 aromatic rings. The van der Waals surface area contributed by atoms with Crippen LogP contribution < -0.4 is 45.4 Å². The molecule has 0 aliphatic carbocycles. The van der Waals surface area contributed by atoms with Crippen molar-refractivity contribution in [1.29, 1.82) is 0 Å². The Morgan fingerprint density at radius 2 is 0.889 bits per heavy atom. The molecule has 0 saturated heterocycles. The van der Waals surface area contributed by atoms with Crippen molar-refractivity contribution in [2.75, 3.05) is 38.0 Å². The van der Waals surface area contributed by atoms with E-state index in [1.807, 2.05) is 0 Å². The summed E-state index contributed by atoms with van der Waals surface area (Å²) in [4.78, 5) is 4.46. The van der Waals surface area contributed by atoms with Crippen LogP contribution in [-0.2, 0) is 14.1 Å². The number of hydrogen-bond acceptors (Lipinski definition) is 2. The standard InChI is InChI=1S/C26H26N4.2I3/c1-27(2)19-13-21-25-23-15(19)9-7-11-17(23)30(6)22-14-20(28(3)4)16-10-8-12-18(29(21)5)24(16)26(22)25;2*1-3-2/h7-14H,1-6H3;;/q+2;2*-1. The van der Waals surface area contributed by atoms with Gasteiger partial charge in [0.05, 0.1) is 32.9 Å². The van der Waals surface area contributed by atoms with E-state index < -0.39 is 0 Å². The van der Waals surface area contributed by atoms with Gasteiger partial charge in [0.25, 0.3) is 0 Å². The average molecular weight is 1160 g/mol. The van der Waals surface area contributed by atoms with Crippen LogP contribution in [-0.4, -0.2) is 28.2 Å². The zero-order valence-electron chi connectivity index (χ0n) is 20.7. The van der Waals surface area contributed by atoms with Gasteiger partial charge in [-0.05, 0) is 0 Å². The van der Waals surface area contributed by atoms with Crippen LogP contribution in [0.3, 0.4) is 0 Å². The van der Waals surface area contributed by atoms with Crippen LogP contribution in [0.25, 0.3) is 54.4 Å². The van der Waals surface area contributed by atoms with Crippen LogP contribution >= 0.6 is 74.5 Å². The molecule has 0 fully saturated rings. The second kappa shape index (κ2) is 12.7. The van der Waals surface area contributed by atoms with Gasteiger partial charge in [0, 0.05) is 63.2 Å². The molecule has 0 atom stereocenters. The molecule has 0 aliphatic rings. The third-order valence-electron chi connectivity index (χ3n) is 6.86. The van der Waals surface area contributed by atoms with Crippen LogP contribution in [0.1, 0.15) is 0 Å². The minimum atomic E-state index is 0.530. The number of anilines is 2. The molecule has 6 rings (SSSR count). The molecule has 0 N–H and O–H groups in total. The van der Waals surface area contributed by atoms with Gasteiger partial charge in [-0.3, -0.25) is 0 Å². The Kier molecular flexibility index (Phi) is 10.5. The normalized spacial score (nSPS) is 11.5. The second-order valence-corrected chi connectivity index (χ2v) is 41.5. The van der Waals surface area contributed by atoms with E-state index in [0.29, 0.717) is 26.5 Å².